The number of hydrogen-bond acceptors (Lipinski definition) is 7. The predicted octanol–water partition coefficient (Wildman–Crippen LogP) is 0.656. The van der Waals surface area contributed by atoms with Gasteiger partial charge in [-0.05, 0) is 38.1 Å². The molecule has 1 saturated carbocycles. The second-order valence-electron chi connectivity index (χ2n) is 8.13. The fraction of sp³-hybridized carbons (Fsp3) is 0.684. The van der Waals surface area contributed by atoms with Crippen molar-refractivity contribution in [2.45, 2.75) is 54.3 Å². The molecule has 0 aromatic heterocycles. The largest absolute Gasteiger partial charge is 0.504 e. The molecule has 2 bridgehead atoms. The molecule has 26 heavy (non-hydrogen) atoms. The number of aromatic hydroxyl groups is 1. The molecule has 1 aromatic carbocycles. The number of aliphatic hydroxyl groups is 2. The molecule has 7 heteroatoms. The van der Waals surface area contributed by atoms with Gasteiger partial charge in [0.05, 0.1) is 24.9 Å². The minimum Gasteiger partial charge on any atom is -0.504 e. The highest BCUT2D eigenvalue weighted by molar-refractivity contribution is 5.60. The third kappa shape index (κ3) is 1.48. The lowest BCUT2D eigenvalue weighted by Gasteiger charge is -2.60. The Kier molecular flexibility index (Phi) is 3.17. The summed E-state index contributed by atoms with van der Waals surface area (Å²) in [6, 6.07) is 3.64. The maximum Gasteiger partial charge on any atom is 0.215 e. The number of phenolic OH excluding ortho intramolecular Hbond substituents is 1. The lowest BCUT2D eigenvalue weighted by Crippen LogP contribution is -2.77. The van der Waals surface area contributed by atoms with Crippen molar-refractivity contribution >= 4 is 0 Å². The molecule has 6 atom stereocenters. The van der Waals surface area contributed by atoms with Gasteiger partial charge in [0, 0.05) is 24.5 Å². The molecule has 2 heterocycles. The predicted molar refractivity (Wildman–Crippen MR) is 91.1 cm³/mol. The summed E-state index contributed by atoms with van der Waals surface area (Å²) in [6.45, 7) is 0.734. The molecule has 2 saturated heterocycles. The highest BCUT2D eigenvalue weighted by Crippen LogP contribution is 2.72. The minimum atomic E-state index is -1.66. The SMILES string of the molecule is COc1ccc2c(c1O)[C@@]13CCN(C)[C@@]14C[C@H]2O[C@]4(O)[C@@H](OC)[C@@H](O)C3. The van der Waals surface area contributed by atoms with Gasteiger partial charge >= 0.3 is 0 Å². The number of rotatable bonds is 2. The van der Waals surface area contributed by atoms with Crippen LogP contribution in [0.2, 0.25) is 0 Å². The van der Waals surface area contributed by atoms with Gasteiger partial charge in [-0.2, -0.15) is 0 Å². The Hall–Kier alpha value is -1.38. The molecule has 1 aromatic rings. The van der Waals surface area contributed by atoms with Gasteiger partial charge in [-0.1, -0.05) is 6.07 Å². The van der Waals surface area contributed by atoms with Crippen molar-refractivity contribution in [3.8, 4) is 11.5 Å². The first kappa shape index (κ1) is 16.8. The van der Waals surface area contributed by atoms with Crippen LogP contribution in [0.1, 0.15) is 36.5 Å². The zero-order valence-electron chi connectivity index (χ0n) is 15.2. The molecule has 1 spiro atoms. The van der Waals surface area contributed by atoms with Crippen LogP contribution in [0.3, 0.4) is 0 Å². The van der Waals surface area contributed by atoms with Crippen LogP contribution in [0.25, 0.3) is 0 Å². The average Bonchev–Trinajstić information content (AvgIpc) is 3.07. The number of hydrogen-bond donors (Lipinski definition) is 3. The van der Waals surface area contributed by atoms with E-state index >= 15 is 0 Å². The quantitative estimate of drug-likeness (QED) is 0.711. The number of likely N-dealkylation sites (N-methyl/N-ethyl adjacent to an activating group) is 1. The number of aliphatic hydroxyl groups excluding tert-OH is 1. The Morgan fingerprint density at radius 3 is 2.73 bits per heavy atom. The first-order valence-corrected chi connectivity index (χ1v) is 9.09. The molecule has 142 valence electrons. The minimum absolute atomic E-state index is 0.0882. The molecular weight excluding hydrogens is 338 g/mol. The van der Waals surface area contributed by atoms with Crippen LogP contribution in [-0.2, 0) is 14.9 Å². The summed E-state index contributed by atoms with van der Waals surface area (Å²) in [5.74, 6) is -1.17. The second kappa shape index (κ2) is 4.91. The van der Waals surface area contributed by atoms with E-state index in [0.29, 0.717) is 25.0 Å². The van der Waals surface area contributed by atoms with E-state index in [1.165, 1.54) is 14.2 Å². The van der Waals surface area contributed by atoms with E-state index in [2.05, 4.69) is 4.90 Å². The number of ether oxygens (including phenoxy) is 3. The van der Waals surface area contributed by atoms with Gasteiger partial charge in [-0.25, -0.2) is 0 Å². The lowest BCUT2D eigenvalue weighted by molar-refractivity contribution is -0.328. The topological polar surface area (TPSA) is 91.6 Å². The summed E-state index contributed by atoms with van der Waals surface area (Å²) < 4.78 is 17.1. The van der Waals surface area contributed by atoms with Crippen LogP contribution >= 0.6 is 0 Å². The molecule has 7 nitrogen and oxygen atoms in total. The first-order chi connectivity index (χ1) is 12.4. The lowest BCUT2D eigenvalue weighted by atomic mass is 9.50. The summed E-state index contributed by atoms with van der Waals surface area (Å²) >= 11 is 0. The molecule has 2 aliphatic heterocycles. The Morgan fingerprint density at radius 1 is 1.27 bits per heavy atom. The maximum absolute atomic E-state index is 11.8. The third-order valence-corrected chi connectivity index (χ3v) is 7.48. The van der Waals surface area contributed by atoms with Crippen LogP contribution in [0.4, 0.5) is 0 Å². The normalized spacial score (nSPS) is 46.1. The molecule has 0 radical (unpaired) electrons. The second-order valence-corrected chi connectivity index (χ2v) is 8.13. The first-order valence-electron chi connectivity index (χ1n) is 9.09. The van der Waals surface area contributed by atoms with Crippen molar-refractivity contribution < 1.29 is 29.5 Å². The molecule has 0 unspecified atom stereocenters. The smallest absolute Gasteiger partial charge is 0.215 e. The zero-order valence-corrected chi connectivity index (χ0v) is 15.2. The van der Waals surface area contributed by atoms with Gasteiger partial charge in [-0.15, -0.1) is 0 Å². The molecule has 3 N–H and O–H groups in total. The van der Waals surface area contributed by atoms with Gasteiger partial charge in [0.1, 0.15) is 6.10 Å². The van der Waals surface area contributed by atoms with Crippen molar-refractivity contribution in [2.75, 3.05) is 27.8 Å². The number of benzene rings is 1. The monoisotopic (exact) mass is 363 g/mol. The van der Waals surface area contributed by atoms with E-state index in [-0.39, 0.29) is 11.9 Å². The van der Waals surface area contributed by atoms with Crippen molar-refractivity contribution in [1.29, 1.82) is 0 Å². The van der Waals surface area contributed by atoms with Crippen LogP contribution in [0.15, 0.2) is 12.1 Å². The zero-order chi connectivity index (χ0) is 18.5. The molecular formula is C19H25NO6. The van der Waals surface area contributed by atoms with E-state index < -0.39 is 28.9 Å². The van der Waals surface area contributed by atoms with Crippen molar-refractivity contribution in [2.24, 2.45) is 0 Å². The summed E-state index contributed by atoms with van der Waals surface area (Å²) in [7, 11) is 4.99. The Morgan fingerprint density at radius 2 is 2.04 bits per heavy atom. The van der Waals surface area contributed by atoms with Gasteiger partial charge in [0.25, 0.3) is 0 Å². The maximum atomic E-state index is 11.8. The summed E-state index contributed by atoms with van der Waals surface area (Å²) in [6.07, 6.45) is -0.418. The van der Waals surface area contributed by atoms with Gasteiger partial charge < -0.3 is 29.5 Å². The number of methoxy groups -OCH3 is 2. The van der Waals surface area contributed by atoms with Crippen molar-refractivity contribution in [1.82, 2.24) is 4.90 Å². The van der Waals surface area contributed by atoms with Crippen LogP contribution in [0.5, 0.6) is 11.5 Å². The van der Waals surface area contributed by atoms with E-state index in [4.69, 9.17) is 14.2 Å². The van der Waals surface area contributed by atoms with Gasteiger partial charge in [-0.3, -0.25) is 4.90 Å². The third-order valence-electron chi connectivity index (χ3n) is 7.48. The molecule has 2 aliphatic carbocycles. The van der Waals surface area contributed by atoms with Crippen molar-refractivity contribution in [3.63, 3.8) is 0 Å². The number of nitrogens with zero attached hydrogens (tertiary/aromatic N) is 1. The van der Waals surface area contributed by atoms with E-state index in [9.17, 15) is 15.3 Å². The summed E-state index contributed by atoms with van der Waals surface area (Å²) in [5.41, 5.74) is 0.226. The number of phenols is 1. The highest BCUT2D eigenvalue weighted by Gasteiger charge is 2.81. The average molecular weight is 363 g/mol. The van der Waals surface area contributed by atoms with Crippen molar-refractivity contribution in [3.05, 3.63) is 23.3 Å². The highest BCUT2D eigenvalue weighted by atomic mass is 16.7. The van der Waals surface area contributed by atoms with Crippen LogP contribution in [0, 0.1) is 0 Å². The Labute approximate surface area is 152 Å². The molecule has 5 rings (SSSR count). The van der Waals surface area contributed by atoms with Crippen LogP contribution < -0.4 is 4.74 Å². The molecule has 3 fully saturated rings. The summed E-state index contributed by atoms with van der Waals surface area (Å²) in [4.78, 5) is 2.13. The molecule has 0 amide bonds. The molecule has 4 aliphatic rings. The van der Waals surface area contributed by atoms with Gasteiger partial charge in [0.2, 0.25) is 5.79 Å². The standard InChI is InChI=1S/C19H25NO6/c1-20-7-6-17-8-11(21)16(25-3)19(23)18(17,20)9-13(26-19)10-4-5-12(24-2)15(22)14(10)17/h4-5,11,13,16,21-23H,6-9H2,1-3H3/t11-,13+,16-,17-,18-,19+/m0/s1. The number of likely N-dealkylation sites (tertiary alicyclic amines) is 1. The van der Waals surface area contributed by atoms with E-state index in [1.807, 2.05) is 13.1 Å². The Bertz CT molecular complexity index is 786. The summed E-state index contributed by atoms with van der Waals surface area (Å²) in [5, 5.41) is 33.7. The fourth-order valence-electron chi connectivity index (χ4n) is 6.61. The van der Waals surface area contributed by atoms with E-state index in [0.717, 1.165) is 17.7 Å². The van der Waals surface area contributed by atoms with Gasteiger partial charge in [0.15, 0.2) is 11.5 Å². The number of fused-ring (bicyclic) bond motifs is 3. The van der Waals surface area contributed by atoms with E-state index in [1.54, 1.807) is 6.07 Å². The fourth-order valence-corrected chi connectivity index (χ4v) is 6.61. The Balaban J connectivity index is 1.86. The van der Waals surface area contributed by atoms with Crippen LogP contribution in [-0.4, -0.2) is 71.6 Å².